The van der Waals surface area contributed by atoms with E-state index in [9.17, 15) is 9.59 Å². The van der Waals surface area contributed by atoms with Crippen molar-refractivity contribution >= 4 is 11.6 Å². The Morgan fingerprint density at radius 1 is 1.15 bits per heavy atom. The number of amides is 1. The predicted molar refractivity (Wildman–Crippen MR) is 135 cm³/mol. The molecule has 186 valence electrons. The standard InChI is InChI=1S/C27H38IN4O2/c1-6-32(21-9-7-20(29-5)8-10-21)25-13-19(24-14-28-24)12-22(18(25)4)26(33)30-15-23-16(2)11-17(3)31-27(23)34/h11-13,20-21,24,29H,6-10,14-15H2,1-5H3,(H,30,33)(H,31,34)/q-1. The van der Waals surface area contributed by atoms with Crippen LogP contribution in [0.4, 0.5) is 5.69 Å². The Morgan fingerprint density at radius 3 is 2.44 bits per heavy atom. The molecule has 1 aliphatic carbocycles. The minimum atomic E-state index is -0.124. The van der Waals surface area contributed by atoms with Crippen LogP contribution < -0.4 is 42.3 Å². The van der Waals surface area contributed by atoms with Crippen LogP contribution in [0.2, 0.25) is 0 Å². The summed E-state index contributed by atoms with van der Waals surface area (Å²) in [5, 5.41) is 6.48. The Balaban J connectivity index is 1.60. The fourth-order valence-corrected chi connectivity index (χ4v) is 6.96. The van der Waals surface area contributed by atoms with Crippen LogP contribution in [0.1, 0.15) is 74.8 Å². The number of aromatic amines is 1. The van der Waals surface area contributed by atoms with Crippen molar-refractivity contribution in [2.45, 2.75) is 75.9 Å². The molecule has 1 atom stereocenters. The number of carbonyl (C=O) groups excluding carboxylic acids is 1. The van der Waals surface area contributed by atoms with Crippen LogP contribution in [0.25, 0.3) is 0 Å². The molecule has 7 heteroatoms. The van der Waals surface area contributed by atoms with Gasteiger partial charge in [0.1, 0.15) is 0 Å². The molecule has 0 bridgehead atoms. The number of hydrogen-bond donors (Lipinski definition) is 3. The molecule has 0 spiro atoms. The fourth-order valence-electron chi connectivity index (χ4n) is 5.32. The first kappa shape index (κ1) is 25.2. The average molecular weight is 578 g/mol. The van der Waals surface area contributed by atoms with Gasteiger partial charge in [0.25, 0.3) is 0 Å². The SMILES string of the molecule is CCN(c1cc(C2C[I-]2)cc(C(=O)NCc2c(C)cc(C)[nH]c2=O)c1C)C1CCC(NC)CC1. The number of carbonyl (C=O) groups is 1. The van der Waals surface area contributed by atoms with Gasteiger partial charge in [0, 0.05) is 0 Å². The number of anilines is 1. The second-order valence-corrected chi connectivity index (χ2v) is 13.0. The Bertz CT molecular complexity index is 1100. The number of aryl methyl sites for hydroxylation is 2. The van der Waals surface area contributed by atoms with E-state index >= 15 is 0 Å². The van der Waals surface area contributed by atoms with E-state index in [2.05, 4.69) is 53.5 Å². The van der Waals surface area contributed by atoms with E-state index in [0.29, 0.717) is 21.6 Å². The molecule has 3 N–H and O–H groups in total. The summed E-state index contributed by atoms with van der Waals surface area (Å²) in [7, 11) is 2.06. The number of halogens is 1. The molecule has 1 aliphatic heterocycles. The third-order valence-electron chi connectivity index (χ3n) is 7.43. The maximum atomic E-state index is 13.4. The Hall–Kier alpha value is -1.87. The van der Waals surface area contributed by atoms with Gasteiger partial charge in [0.15, 0.2) is 0 Å². The molecule has 4 rings (SSSR count). The van der Waals surface area contributed by atoms with Crippen molar-refractivity contribution in [3.8, 4) is 0 Å². The zero-order valence-corrected chi connectivity index (χ0v) is 23.2. The number of alkyl halides is 2. The maximum absolute atomic E-state index is 13.4. The van der Waals surface area contributed by atoms with E-state index < -0.39 is 0 Å². The third kappa shape index (κ3) is 5.51. The zero-order chi connectivity index (χ0) is 24.4. The number of H-pyrrole nitrogens is 1. The normalized spacial score (nSPS) is 22.1. The Morgan fingerprint density at radius 2 is 1.85 bits per heavy atom. The minimum absolute atomic E-state index is 0.0891. The van der Waals surface area contributed by atoms with Gasteiger partial charge in [-0.1, -0.05) is 0 Å². The molecule has 6 nitrogen and oxygen atoms in total. The summed E-state index contributed by atoms with van der Waals surface area (Å²) in [5.41, 5.74) is 6.59. The molecule has 2 aromatic rings. The summed E-state index contributed by atoms with van der Waals surface area (Å²) >= 11 is 0.231. The van der Waals surface area contributed by atoms with E-state index in [4.69, 9.17) is 0 Å². The summed E-state index contributed by atoms with van der Waals surface area (Å²) in [5.74, 6) is -0.0891. The molecule has 2 aliphatic rings. The molecule has 34 heavy (non-hydrogen) atoms. The molecule has 0 radical (unpaired) electrons. The van der Waals surface area contributed by atoms with Crippen LogP contribution in [0.3, 0.4) is 0 Å². The van der Waals surface area contributed by atoms with Gasteiger partial charge >= 0.3 is 214 Å². The predicted octanol–water partition coefficient (Wildman–Crippen LogP) is 0.731. The molecule has 1 unspecified atom stereocenters. The van der Waals surface area contributed by atoms with Crippen molar-refractivity contribution in [2.24, 2.45) is 0 Å². The number of rotatable bonds is 8. The van der Waals surface area contributed by atoms with Gasteiger partial charge < -0.3 is 0 Å². The second kappa shape index (κ2) is 10.8. The number of nitrogens with zero attached hydrogens (tertiary/aromatic N) is 1. The number of hydrogen-bond acceptors (Lipinski definition) is 4. The molecular weight excluding hydrogens is 539 g/mol. The number of pyridine rings is 1. The number of nitrogens with one attached hydrogen (secondary N) is 3. The summed E-state index contributed by atoms with van der Waals surface area (Å²) in [6.45, 7) is 9.29. The van der Waals surface area contributed by atoms with Gasteiger partial charge in [-0.05, 0) is 0 Å². The van der Waals surface area contributed by atoms with Crippen LogP contribution in [0, 0.1) is 20.8 Å². The van der Waals surface area contributed by atoms with Crippen LogP contribution >= 0.6 is 0 Å². The summed E-state index contributed by atoms with van der Waals surface area (Å²) < 4.78 is 1.98. The van der Waals surface area contributed by atoms with Crippen molar-refractivity contribution in [3.05, 3.63) is 62.1 Å². The number of benzene rings is 1. The molecule has 2 heterocycles. The van der Waals surface area contributed by atoms with Crippen molar-refractivity contribution in [3.63, 3.8) is 0 Å². The second-order valence-electron chi connectivity index (χ2n) is 9.69. The number of aromatic nitrogens is 1. The van der Waals surface area contributed by atoms with E-state index in [-0.39, 0.29) is 39.2 Å². The third-order valence-corrected chi connectivity index (χ3v) is 9.91. The van der Waals surface area contributed by atoms with E-state index in [1.54, 1.807) is 0 Å². The molecule has 1 aromatic heterocycles. The zero-order valence-electron chi connectivity index (χ0n) is 21.1. The van der Waals surface area contributed by atoms with Gasteiger partial charge in [0.05, 0.1) is 0 Å². The van der Waals surface area contributed by atoms with Gasteiger partial charge in [-0.2, -0.15) is 0 Å². The van der Waals surface area contributed by atoms with E-state index in [1.165, 1.54) is 41.4 Å². The first-order valence-corrected chi connectivity index (χ1v) is 15.2. The van der Waals surface area contributed by atoms with Gasteiger partial charge in [-0.15, -0.1) is 0 Å². The summed E-state index contributed by atoms with van der Waals surface area (Å²) in [4.78, 5) is 31.2. The van der Waals surface area contributed by atoms with E-state index in [1.807, 2.05) is 19.9 Å². The topological polar surface area (TPSA) is 77.2 Å². The van der Waals surface area contributed by atoms with E-state index in [0.717, 1.165) is 28.9 Å². The van der Waals surface area contributed by atoms with Crippen LogP contribution in [0.5, 0.6) is 0 Å². The van der Waals surface area contributed by atoms with Crippen molar-refractivity contribution in [2.75, 3.05) is 22.9 Å². The molecule has 2 fully saturated rings. The van der Waals surface area contributed by atoms with Gasteiger partial charge in [-0.3, -0.25) is 0 Å². The molecular formula is C27H38IN4O2-. The summed E-state index contributed by atoms with van der Waals surface area (Å²) in [6.07, 6.45) is 4.75. The Labute approximate surface area is 213 Å². The van der Waals surface area contributed by atoms with Crippen LogP contribution in [-0.2, 0) is 6.54 Å². The first-order chi connectivity index (χ1) is 16.3. The van der Waals surface area contributed by atoms with Crippen molar-refractivity contribution in [1.82, 2.24) is 15.6 Å². The monoisotopic (exact) mass is 577 g/mol. The van der Waals surface area contributed by atoms with Crippen LogP contribution in [-0.4, -0.2) is 41.0 Å². The fraction of sp³-hybridized carbons (Fsp3) is 0.556. The Kier molecular flexibility index (Phi) is 8.02. The first-order valence-electron chi connectivity index (χ1n) is 12.5. The van der Waals surface area contributed by atoms with Gasteiger partial charge in [-0.25, -0.2) is 0 Å². The van der Waals surface area contributed by atoms with Crippen molar-refractivity contribution < 1.29 is 26.0 Å². The molecule has 1 amide bonds. The quantitative estimate of drug-likeness (QED) is 0.320. The molecule has 1 saturated heterocycles. The average Bonchev–Trinajstić information content (AvgIpc) is 3.65. The summed E-state index contributed by atoms with van der Waals surface area (Å²) in [6, 6.07) is 7.57. The molecule has 1 saturated carbocycles. The van der Waals surface area contributed by atoms with Gasteiger partial charge in [0.2, 0.25) is 0 Å². The van der Waals surface area contributed by atoms with Crippen LogP contribution in [0.15, 0.2) is 23.0 Å². The van der Waals surface area contributed by atoms with Crippen molar-refractivity contribution in [1.29, 1.82) is 0 Å². The molecule has 1 aromatic carbocycles.